The van der Waals surface area contributed by atoms with Gasteiger partial charge in [-0.25, -0.2) is 0 Å². The van der Waals surface area contributed by atoms with Gasteiger partial charge in [-0.2, -0.15) is 8.42 Å². The maximum atomic E-state index is 13.5. The molecule has 0 spiro atoms. The van der Waals surface area contributed by atoms with Gasteiger partial charge >= 0.3 is 0 Å². The number of imide groups is 2. The molecule has 5 N–H and O–H groups in total. The lowest BCUT2D eigenvalue weighted by molar-refractivity contribution is 0.0590. The second-order valence-corrected chi connectivity index (χ2v) is 14.4. The number of rotatable bonds is 13. The molecule has 0 atom stereocenters. The van der Waals surface area contributed by atoms with Crippen LogP contribution in [0.3, 0.4) is 0 Å². The fourth-order valence-electron chi connectivity index (χ4n) is 6.50. The Hall–Kier alpha value is -5.97. The minimum absolute atomic E-state index is 0. The van der Waals surface area contributed by atoms with Crippen LogP contribution in [0.15, 0.2) is 102 Å². The molecular weight excluding hydrogens is 741 g/mol. The van der Waals surface area contributed by atoms with Gasteiger partial charge in [-0.05, 0) is 78.7 Å². The zero-order valence-corrected chi connectivity index (χ0v) is 31.8. The quantitative estimate of drug-likeness (QED) is 0.0884. The van der Waals surface area contributed by atoms with E-state index in [0.717, 1.165) is 28.2 Å². The summed E-state index contributed by atoms with van der Waals surface area (Å²) in [6.07, 6.45) is 0. The number of methoxy groups -OCH3 is 2. The van der Waals surface area contributed by atoms with Gasteiger partial charge in [0, 0.05) is 72.3 Å². The Morgan fingerprint density at radius 2 is 0.964 bits per heavy atom. The first-order valence-electron chi connectivity index (χ1n) is 17.4. The van der Waals surface area contributed by atoms with Crippen LogP contribution < -0.4 is 20.1 Å². The van der Waals surface area contributed by atoms with Crippen LogP contribution in [-0.4, -0.2) is 92.3 Å². The predicted molar refractivity (Wildman–Crippen MR) is 209 cm³/mol. The SMILES string of the molecule is COc1cccc(CNCCN2C(=O)c3ccc4c5c(ccc(c35)C2=O)C(=O)N(CCNCc2cccc(OC)c2)C4=O)c1.Cc1ccc(S(=O)(=O)O)cc1.O. The molecule has 0 fully saturated rings. The van der Waals surface area contributed by atoms with Crippen LogP contribution in [0.4, 0.5) is 0 Å². The number of hydrogen-bond donors (Lipinski definition) is 3. The molecule has 2 aliphatic rings. The number of nitrogens with one attached hydrogen (secondary N) is 2. The largest absolute Gasteiger partial charge is 0.497 e. The maximum absolute atomic E-state index is 13.5. The van der Waals surface area contributed by atoms with Crippen molar-refractivity contribution >= 4 is 44.5 Å². The normalized spacial score (nSPS) is 13.3. The smallest absolute Gasteiger partial charge is 0.294 e. The molecule has 5 aromatic carbocycles. The van der Waals surface area contributed by atoms with Crippen LogP contribution in [0.1, 0.15) is 58.1 Å². The summed E-state index contributed by atoms with van der Waals surface area (Å²) in [5.41, 5.74) is 4.22. The standard InChI is InChI=1S/C34H32N4O6.C7H8O3S.H2O/c1-43-23-7-3-5-21(17-23)19-35-13-15-37-31(39)25-9-11-27-30-28(12-10-26(29(25)30)32(37)40)34(42)38(33(27)41)16-14-36-20-22-6-4-8-24(18-22)44-2;1-6-2-4-7(5-3-6)11(8,9)10;/h3-12,17-18,35-36H,13-16,19-20H2,1-2H3;2-5H,1H3,(H,8,9,10);1H2. The molecule has 0 radical (unpaired) electrons. The van der Waals surface area contributed by atoms with Crippen LogP contribution in [0.25, 0.3) is 10.8 Å². The lowest BCUT2D eigenvalue weighted by Crippen LogP contribution is -2.46. The van der Waals surface area contributed by atoms with Crippen LogP contribution in [0.2, 0.25) is 0 Å². The summed E-state index contributed by atoms with van der Waals surface area (Å²) in [4.78, 5) is 56.4. The Bertz CT molecular complexity index is 2200. The molecule has 0 saturated heterocycles. The Balaban J connectivity index is 0.000000433. The van der Waals surface area contributed by atoms with Crippen molar-refractivity contribution in [3.05, 3.63) is 136 Å². The number of ether oxygens (including phenoxy) is 2. The molecule has 292 valence electrons. The average molecular weight is 783 g/mol. The molecule has 56 heavy (non-hydrogen) atoms. The van der Waals surface area contributed by atoms with Gasteiger partial charge in [0.25, 0.3) is 33.7 Å². The second-order valence-electron chi connectivity index (χ2n) is 12.9. The zero-order chi connectivity index (χ0) is 39.3. The minimum Gasteiger partial charge on any atom is -0.497 e. The monoisotopic (exact) mass is 782 g/mol. The third kappa shape index (κ3) is 8.77. The average Bonchev–Trinajstić information content (AvgIpc) is 3.18. The van der Waals surface area contributed by atoms with E-state index in [2.05, 4.69) is 10.6 Å². The molecular formula is C41H42N4O10S. The van der Waals surface area contributed by atoms with E-state index in [0.29, 0.717) is 59.2 Å². The van der Waals surface area contributed by atoms with Gasteiger partial charge in [0.05, 0.1) is 19.1 Å². The molecule has 2 aliphatic heterocycles. The number of aryl methyl sites for hydroxylation is 1. The number of hydrogen-bond acceptors (Lipinski definition) is 10. The van der Waals surface area contributed by atoms with Crippen LogP contribution in [0, 0.1) is 6.92 Å². The highest BCUT2D eigenvalue weighted by atomic mass is 32.2. The molecule has 14 nitrogen and oxygen atoms in total. The number of amides is 4. The number of carbonyl (C=O) groups is 4. The first-order chi connectivity index (χ1) is 26.4. The van der Waals surface area contributed by atoms with Gasteiger partial charge < -0.3 is 25.6 Å². The van der Waals surface area contributed by atoms with Gasteiger partial charge in [0.1, 0.15) is 11.5 Å². The first-order valence-corrected chi connectivity index (χ1v) is 18.9. The molecule has 0 saturated carbocycles. The molecule has 7 rings (SSSR count). The third-order valence-corrected chi connectivity index (χ3v) is 10.2. The van der Waals surface area contributed by atoms with Crippen molar-refractivity contribution in [1.29, 1.82) is 0 Å². The van der Waals surface area contributed by atoms with Crippen molar-refractivity contribution in [2.75, 3.05) is 40.4 Å². The summed E-state index contributed by atoms with van der Waals surface area (Å²) < 4.78 is 40.1. The Morgan fingerprint density at radius 1 is 0.589 bits per heavy atom. The third-order valence-electron chi connectivity index (χ3n) is 9.33. The molecule has 0 bridgehead atoms. The number of benzene rings is 5. The summed E-state index contributed by atoms with van der Waals surface area (Å²) >= 11 is 0. The van der Waals surface area contributed by atoms with Gasteiger partial charge in [-0.15, -0.1) is 0 Å². The lowest BCUT2D eigenvalue weighted by Gasteiger charge is -2.32. The minimum atomic E-state index is -4.02. The molecule has 5 aromatic rings. The fraction of sp³-hybridized carbons (Fsp3) is 0.220. The number of carbonyl (C=O) groups excluding carboxylic acids is 4. The summed E-state index contributed by atoms with van der Waals surface area (Å²) in [5.74, 6) is -0.277. The van der Waals surface area contributed by atoms with Gasteiger partial charge in [0.15, 0.2) is 0 Å². The summed E-state index contributed by atoms with van der Waals surface area (Å²) in [6.45, 7) is 4.05. The second kappa shape index (κ2) is 17.7. The highest BCUT2D eigenvalue weighted by Crippen LogP contribution is 2.37. The van der Waals surface area contributed by atoms with Crippen molar-refractivity contribution in [2.45, 2.75) is 24.9 Å². The summed E-state index contributed by atoms with van der Waals surface area (Å²) in [5, 5.41) is 7.28. The van der Waals surface area contributed by atoms with E-state index < -0.39 is 33.7 Å². The first kappa shape index (κ1) is 41.2. The van der Waals surface area contributed by atoms with Crippen molar-refractivity contribution in [3.63, 3.8) is 0 Å². The highest BCUT2D eigenvalue weighted by Gasteiger charge is 2.39. The molecule has 2 heterocycles. The van der Waals surface area contributed by atoms with Gasteiger partial charge in [-0.1, -0.05) is 42.0 Å². The van der Waals surface area contributed by atoms with Gasteiger partial charge in [0.2, 0.25) is 0 Å². The molecule has 4 amide bonds. The van der Waals surface area contributed by atoms with Crippen molar-refractivity contribution in [1.82, 2.24) is 20.4 Å². The fourth-order valence-corrected chi connectivity index (χ4v) is 6.98. The highest BCUT2D eigenvalue weighted by molar-refractivity contribution is 7.85. The molecule has 0 unspecified atom stereocenters. The summed E-state index contributed by atoms with van der Waals surface area (Å²) in [6, 6.07) is 27.6. The van der Waals surface area contributed by atoms with E-state index in [-0.39, 0.29) is 23.5 Å². The maximum Gasteiger partial charge on any atom is 0.294 e. The van der Waals surface area contributed by atoms with Crippen molar-refractivity contribution in [2.24, 2.45) is 0 Å². The predicted octanol–water partition coefficient (Wildman–Crippen LogP) is 4.05. The van der Waals surface area contributed by atoms with Gasteiger partial charge in [-0.3, -0.25) is 33.5 Å². The summed E-state index contributed by atoms with van der Waals surface area (Å²) in [7, 11) is -0.799. The van der Waals surface area contributed by atoms with E-state index in [9.17, 15) is 27.6 Å². The molecule has 15 heteroatoms. The zero-order valence-electron chi connectivity index (χ0n) is 31.0. The van der Waals surface area contributed by atoms with E-state index in [1.165, 1.54) is 21.9 Å². The van der Waals surface area contributed by atoms with Crippen molar-refractivity contribution in [3.8, 4) is 11.5 Å². The van der Waals surface area contributed by atoms with E-state index in [1.54, 1.807) is 50.6 Å². The van der Waals surface area contributed by atoms with E-state index in [4.69, 9.17) is 14.0 Å². The Kier molecular flexibility index (Phi) is 13.0. The molecule has 0 aliphatic carbocycles. The van der Waals surface area contributed by atoms with Crippen LogP contribution >= 0.6 is 0 Å². The molecule has 0 aromatic heterocycles. The van der Waals surface area contributed by atoms with Crippen LogP contribution in [0.5, 0.6) is 11.5 Å². The topological polar surface area (TPSA) is 203 Å². The lowest BCUT2D eigenvalue weighted by atomic mass is 9.86. The van der Waals surface area contributed by atoms with E-state index in [1.807, 2.05) is 55.5 Å². The Labute approximate surface area is 324 Å². The van der Waals surface area contributed by atoms with Crippen LogP contribution in [-0.2, 0) is 23.2 Å². The van der Waals surface area contributed by atoms with Crippen molar-refractivity contribution < 1.29 is 47.1 Å². The van der Waals surface area contributed by atoms with E-state index >= 15 is 0 Å². The Morgan fingerprint density at radius 3 is 1.30 bits per heavy atom. The number of nitrogens with zero attached hydrogens (tertiary/aromatic N) is 2.